The number of aromatic nitrogens is 2. The highest BCUT2D eigenvalue weighted by Gasteiger charge is 2.35. The van der Waals surface area contributed by atoms with Gasteiger partial charge in [0.15, 0.2) is 5.82 Å². The Kier molecular flexibility index (Phi) is 6.73. The lowest BCUT2D eigenvalue weighted by Gasteiger charge is -2.26. The van der Waals surface area contributed by atoms with Crippen molar-refractivity contribution in [3.8, 4) is 5.75 Å². The van der Waals surface area contributed by atoms with E-state index in [0.29, 0.717) is 23.3 Å². The summed E-state index contributed by atoms with van der Waals surface area (Å²) in [5.41, 5.74) is 5.21. The van der Waals surface area contributed by atoms with Gasteiger partial charge in [-0.25, -0.2) is 4.98 Å². The summed E-state index contributed by atoms with van der Waals surface area (Å²) in [6, 6.07) is 12.0. The molecular weight excluding hydrogens is 484 g/mol. The Labute approximate surface area is 214 Å². The molecular formula is C25H27ClN6O2S. The first-order valence-electron chi connectivity index (χ1n) is 11.4. The smallest absolute Gasteiger partial charge is 0.239 e. The summed E-state index contributed by atoms with van der Waals surface area (Å²) >= 11 is 7.87. The fourth-order valence-corrected chi connectivity index (χ4v) is 5.26. The van der Waals surface area contributed by atoms with E-state index in [9.17, 15) is 4.79 Å². The Bertz CT molecular complexity index is 1270. The van der Waals surface area contributed by atoms with Gasteiger partial charge in [0.25, 0.3) is 0 Å². The van der Waals surface area contributed by atoms with Crippen LogP contribution in [-0.2, 0) is 17.8 Å². The maximum atomic E-state index is 12.7. The number of hydrogen-bond donors (Lipinski definition) is 2. The van der Waals surface area contributed by atoms with Gasteiger partial charge in [0.1, 0.15) is 10.8 Å². The molecule has 2 aliphatic heterocycles. The van der Waals surface area contributed by atoms with Gasteiger partial charge in [0, 0.05) is 31.6 Å². The molecule has 1 aromatic heterocycles. The summed E-state index contributed by atoms with van der Waals surface area (Å²) in [6.07, 6.45) is 4.41. The number of nitrogens with one attached hydrogen (secondary N) is 2. The Balaban J connectivity index is 1.48. The zero-order valence-corrected chi connectivity index (χ0v) is 21.4. The maximum Gasteiger partial charge on any atom is 0.239 e. The standard InChI is InChI=1S/C25H27ClN6O2S/c1-31-9-8-15-11-22(34-2)20(10-16(15)13-31)28-25-27-12-19(26)23(29-25)32-14-18(24(33)30-35-3)17-6-4-5-7-21(17)32/h4-7,10-12,18H,8-9,13-14H2,1-3H3,(H,30,33)(H,27,28,29). The molecule has 0 spiro atoms. The minimum absolute atomic E-state index is 0.0419. The third-order valence-corrected chi connectivity index (χ3v) is 7.11. The number of rotatable bonds is 6. The molecule has 0 bridgehead atoms. The number of carbonyl (C=O) groups excluding carboxylic acids is 1. The molecule has 2 N–H and O–H groups in total. The molecule has 1 unspecified atom stereocenters. The largest absolute Gasteiger partial charge is 0.495 e. The molecule has 0 saturated heterocycles. The maximum absolute atomic E-state index is 12.7. The number of halogens is 1. The molecule has 5 rings (SSSR count). The number of methoxy groups -OCH3 is 1. The highest BCUT2D eigenvalue weighted by Crippen LogP contribution is 2.43. The van der Waals surface area contributed by atoms with Gasteiger partial charge in [0.2, 0.25) is 11.9 Å². The fourth-order valence-electron chi connectivity index (χ4n) is 4.73. The summed E-state index contributed by atoms with van der Waals surface area (Å²) in [5.74, 6) is 1.33. The lowest BCUT2D eigenvalue weighted by molar-refractivity contribution is -0.120. The molecule has 0 aliphatic carbocycles. The van der Waals surface area contributed by atoms with E-state index in [1.165, 1.54) is 23.1 Å². The Morgan fingerprint density at radius 2 is 2.09 bits per heavy atom. The second-order valence-corrected chi connectivity index (χ2v) is 9.71. The third kappa shape index (κ3) is 4.63. The normalized spacial score (nSPS) is 17.0. The van der Waals surface area contributed by atoms with Crippen LogP contribution in [0, 0.1) is 0 Å². The number of amides is 1. The average Bonchev–Trinajstić information content (AvgIpc) is 3.24. The van der Waals surface area contributed by atoms with Gasteiger partial charge in [-0.1, -0.05) is 41.7 Å². The van der Waals surface area contributed by atoms with Crippen LogP contribution in [0.3, 0.4) is 0 Å². The lowest BCUT2D eigenvalue weighted by Crippen LogP contribution is -2.28. The highest BCUT2D eigenvalue weighted by molar-refractivity contribution is 7.97. The quantitative estimate of drug-likeness (QED) is 0.469. The number of fused-ring (bicyclic) bond motifs is 2. The van der Waals surface area contributed by atoms with Gasteiger partial charge in [0.05, 0.1) is 24.9 Å². The molecule has 2 aliphatic rings. The van der Waals surface area contributed by atoms with Crippen LogP contribution in [0.1, 0.15) is 22.6 Å². The number of para-hydroxylation sites is 1. The SMILES string of the molecule is COc1cc2c(cc1Nc1ncc(Cl)c(N3CC(C(=O)NSC)c4ccccc43)n1)CN(C)CC2. The molecule has 1 amide bonds. The molecule has 0 saturated carbocycles. The third-order valence-electron chi connectivity index (χ3n) is 6.44. The fraction of sp³-hybridized carbons (Fsp3) is 0.320. The monoisotopic (exact) mass is 510 g/mol. The van der Waals surface area contributed by atoms with Crippen molar-refractivity contribution in [3.05, 3.63) is 64.3 Å². The van der Waals surface area contributed by atoms with Crippen molar-refractivity contribution in [2.45, 2.75) is 18.9 Å². The second-order valence-electron chi connectivity index (χ2n) is 8.69. The van der Waals surface area contributed by atoms with E-state index in [1.54, 1.807) is 13.3 Å². The van der Waals surface area contributed by atoms with E-state index in [1.807, 2.05) is 35.4 Å². The summed E-state index contributed by atoms with van der Waals surface area (Å²) in [5, 5.41) is 3.74. The van der Waals surface area contributed by atoms with Crippen LogP contribution in [-0.4, -0.2) is 54.3 Å². The lowest BCUT2D eigenvalue weighted by atomic mass is 9.99. The van der Waals surface area contributed by atoms with Crippen molar-refractivity contribution >= 4 is 52.6 Å². The van der Waals surface area contributed by atoms with E-state index in [-0.39, 0.29) is 11.8 Å². The van der Waals surface area contributed by atoms with Crippen molar-refractivity contribution < 1.29 is 9.53 Å². The van der Waals surface area contributed by atoms with Crippen molar-refractivity contribution in [2.24, 2.45) is 0 Å². The van der Waals surface area contributed by atoms with Crippen LogP contribution < -0.4 is 19.7 Å². The molecule has 182 valence electrons. The number of benzene rings is 2. The van der Waals surface area contributed by atoms with Gasteiger partial charge >= 0.3 is 0 Å². The van der Waals surface area contributed by atoms with Crippen LogP contribution in [0.5, 0.6) is 5.75 Å². The van der Waals surface area contributed by atoms with E-state index in [2.05, 4.69) is 39.1 Å². The number of nitrogens with zero attached hydrogens (tertiary/aromatic N) is 4. The predicted octanol–water partition coefficient (Wildman–Crippen LogP) is 4.50. The van der Waals surface area contributed by atoms with Gasteiger partial charge in [-0.2, -0.15) is 4.98 Å². The molecule has 3 aromatic rings. The first-order chi connectivity index (χ1) is 17.0. The van der Waals surface area contributed by atoms with Gasteiger partial charge in [-0.3, -0.25) is 9.52 Å². The molecule has 2 aromatic carbocycles. The highest BCUT2D eigenvalue weighted by atomic mass is 35.5. The molecule has 0 radical (unpaired) electrons. The summed E-state index contributed by atoms with van der Waals surface area (Å²) in [4.78, 5) is 26.2. The molecule has 8 nitrogen and oxygen atoms in total. The van der Waals surface area contributed by atoms with E-state index in [4.69, 9.17) is 21.3 Å². The van der Waals surface area contributed by atoms with E-state index < -0.39 is 0 Å². The zero-order chi connectivity index (χ0) is 24.5. The van der Waals surface area contributed by atoms with Crippen LogP contribution in [0.15, 0.2) is 42.6 Å². The van der Waals surface area contributed by atoms with E-state index in [0.717, 1.165) is 42.2 Å². The van der Waals surface area contributed by atoms with Gasteiger partial charge in [-0.05, 0) is 48.4 Å². The van der Waals surface area contributed by atoms with Crippen molar-refractivity contribution in [1.82, 2.24) is 19.6 Å². The minimum Gasteiger partial charge on any atom is -0.495 e. The zero-order valence-electron chi connectivity index (χ0n) is 19.8. The first-order valence-corrected chi connectivity index (χ1v) is 13.0. The number of hydrogen-bond acceptors (Lipinski definition) is 8. The van der Waals surface area contributed by atoms with Crippen LogP contribution >= 0.6 is 23.5 Å². The Morgan fingerprint density at radius 3 is 2.89 bits per heavy atom. The van der Waals surface area contributed by atoms with Crippen molar-refractivity contribution in [2.75, 3.05) is 43.7 Å². The predicted molar refractivity (Wildman–Crippen MR) is 141 cm³/mol. The number of likely N-dealkylation sites (N-methyl/N-ethyl adjacent to an activating group) is 1. The topological polar surface area (TPSA) is 82.6 Å². The van der Waals surface area contributed by atoms with Crippen LogP contribution in [0.25, 0.3) is 0 Å². The molecule has 0 fully saturated rings. The number of carbonyl (C=O) groups is 1. The summed E-state index contributed by atoms with van der Waals surface area (Å²) in [7, 11) is 3.78. The average molecular weight is 511 g/mol. The summed E-state index contributed by atoms with van der Waals surface area (Å²) in [6.45, 7) is 2.35. The van der Waals surface area contributed by atoms with E-state index >= 15 is 0 Å². The molecule has 10 heteroatoms. The Morgan fingerprint density at radius 1 is 1.26 bits per heavy atom. The second kappa shape index (κ2) is 9.93. The van der Waals surface area contributed by atoms with Crippen molar-refractivity contribution in [1.29, 1.82) is 0 Å². The van der Waals surface area contributed by atoms with Crippen molar-refractivity contribution in [3.63, 3.8) is 0 Å². The first kappa shape index (κ1) is 23.7. The molecule has 35 heavy (non-hydrogen) atoms. The minimum atomic E-state index is -0.321. The Hall–Kier alpha value is -3.01. The molecule has 3 heterocycles. The van der Waals surface area contributed by atoms with Crippen LogP contribution in [0.4, 0.5) is 23.1 Å². The summed E-state index contributed by atoms with van der Waals surface area (Å²) < 4.78 is 8.51. The van der Waals surface area contributed by atoms with Gasteiger partial charge < -0.3 is 19.9 Å². The van der Waals surface area contributed by atoms with Crippen LogP contribution in [0.2, 0.25) is 5.02 Å². The van der Waals surface area contributed by atoms with Gasteiger partial charge in [-0.15, -0.1) is 0 Å². The number of anilines is 4. The number of ether oxygens (including phenoxy) is 1. The molecule has 1 atom stereocenters.